The molecule has 2 amide bonds. The Morgan fingerprint density at radius 1 is 0.697 bits per heavy atom. The number of nitrogens with two attached hydrogens (primary N) is 1. The number of rotatable bonds is 18. The third kappa shape index (κ3) is 12.7. The number of fused-ring (bicyclic) bond motifs is 2. The Hall–Kier alpha value is -8.93. The fourth-order valence-electron chi connectivity index (χ4n) is 7.79. The van der Waals surface area contributed by atoms with Crippen molar-refractivity contribution in [1.29, 1.82) is 0 Å². The highest BCUT2D eigenvalue weighted by Crippen LogP contribution is 2.30. The molecule has 25 heteroatoms. The molecule has 24 nitrogen and oxygen atoms in total. The van der Waals surface area contributed by atoms with Gasteiger partial charge < -0.3 is 50.8 Å². The summed E-state index contributed by atoms with van der Waals surface area (Å²) >= 11 is 6.23. The second kappa shape index (κ2) is 23.5. The fraction of sp³-hybridized carbons (Fsp3) is 0.333. The fourth-order valence-corrected chi connectivity index (χ4v) is 7.97. The lowest BCUT2D eigenvalue weighted by atomic mass is 10.2. The summed E-state index contributed by atoms with van der Waals surface area (Å²) in [6.07, 6.45) is 10.2. The number of carboxylic acids is 1. The van der Waals surface area contributed by atoms with Gasteiger partial charge in [-0.2, -0.15) is 15.3 Å². The van der Waals surface area contributed by atoms with Gasteiger partial charge in [0, 0.05) is 76.9 Å². The Bertz CT molecular complexity index is 3360. The molecule has 2 fully saturated rings. The number of nitrogens with one attached hydrogen (secondary N) is 3. The highest BCUT2D eigenvalue weighted by atomic mass is 35.5. The number of esters is 1. The summed E-state index contributed by atoms with van der Waals surface area (Å²) in [5.41, 5.74) is 11.7. The molecule has 0 radical (unpaired) electrons. The van der Waals surface area contributed by atoms with Crippen molar-refractivity contribution in [2.45, 2.75) is 77.8 Å². The van der Waals surface area contributed by atoms with Gasteiger partial charge >= 0.3 is 11.9 Å². The minimum Gasteiger partial charge on any atom is -0.497 e. The van der Waals surface area contributed by atoms with Gasteiger partial charge in [-0.25, -0.2) is 28.6 Å². The number of carbonyl (C=O) groups excluding carboxylic acids is 3. The van der Waals surface area contributed by atoms with Gasteiger partial charge in [0.15, 0.2) is 45.0 Å². The van der Waals surface area contributed by atoms with Crippen LogP contribution in [0, 0.1) is 0 Å². The van der Waals surface area contributed by atoms with Crippen molar-refractivity contribution in [3.8, 4) is 11.5 Å². The molecule has 2 aliphatic carbocycles. The maximum Gasteiger partial charge on any atom is 0.360 e. The Morgan fingerprint density at radius 3 is 1.62 bits per heavy atom. The number of carboxylic acid groups (broad SMARTS) is 1. The number of ether oxygens (including phenoxy) is 3. The van der Waals surface area contributed by atoms with Crippen LogP contribution in [0.1, 0.15) is 92.6 Å². The Morgan fingerprint density at radius 2 is 1.17 bits per heavy atom. The second-order valence-corrected chi connectivity index (χ2v) is 18.3. The van der Waals surface area contributed by atoms with E-state index in [0.29, 0.717) is 76.9 Å². The first-order valence-electron chi connectivity index (χ1n) is 24.3. The van der Waals surface area contributed by atoms with Crippen molar-refractivity contribution in [2.75, 3.05) is 56.3 Å². The molecule has 0 saturated heterocycles. The lowest BCUT2D eigenvalue weighted by Crippen LogP contribution is -2.27. The van der Waals surface area contributed by atoms with Gasteiger partial charge in [-0.1, -0.05) is 35.9 Å². The summed E-state index contributed by atoms with van der Waals surface area (Å²) in [6.45, 7) is 6.17. The first-order chi connectivity index (χ1) is 36.6. The van der Waals surface area contributed by atoms with E-state index >= 15 is 0 Å². The first kappa shape index (κ1) is 53.4. The maximum atomic E-state index is 12.9. The van der Waals surface area contributed by atoms with Crippen molar-refractivity contribution < 1.29 is 38.5 Å². The molecule has 0 bridgehead atoms. The predicted molar refractivity (Wildman–Crippen MR) is 284 cm³/mol. The number of aromatic nitrogens is 10. The average molecular weight is 1060 g/mol. The molecule has 0 unspecified atom stereocenters. The minimum atomic E-state index is -1.15. The van der Waals surface area contributed by atoms with Crippen LogP contribution in [-0.2, 0) is 30.9 Å². The highest BCUT2D eigenvalue weighted by Gasteiger charge is 2.28. The van der Waals surface area contributed by atoms with E-state index in [9.17, 15) is 24.3 Å². The lowest BCUT2D eigenvalue weighted by molar-refractivity contribution is 0.0593. The third-order valence-corrected chi connectivity index (χ3v) is 12.4. The van der Waals surface area contributed by atoms with Crippen LogP contribution in [0.4, 0.5) is 28.6 Å². The van der Waals surface area contributed by atoms with Crippen molar-refractivity contribution in [1.82, 2.24) is 59.4 Å². The smallest absolute Gasteiger partial charge is 0.360 e. The number of carbonyl (C=O) groups is 4. The number of imidazole rings is 2. The second-order valence-electron chi connectivity index (χ2n) is 17.9. The zero-order chi connectivity index (χ0) is 54.2. The topological polar surface area (TPSA) is 281 Å². The Kier molecular flexibility index (Phi) is 16.5. The number of hydrogen-bond donors (Lipinski definition) is 5. The summed E-state index contributed by atoms with van der Waals surface area (Å²) in [6, 6.07) is 19.6. The van der Waals surface area contributed by atoms with Crippen molar-refractivity contribution in [3.05, 3.63) is 125 Å². The summed E-state index contributed by atoms with van der Waals surface area (Å²) in [5.74, 6) is -0.155. The molecule has 2 aromatic carbocycles. The number of benzene rings is 2. The number of aryl methyl sites for hydroxylation is 2. The summed E-state index contributed by atoms with van der Waals surface area (Å²) in [4.78, 5) is 61.0. The van der Waals surface area contributed by atoms with Gasteiger partial charge in [-0.05, 0) is 74.9 Å². The lowest BCUT2D eigenvalue weighted by Gasteiger charge is -2.21. The quantitative estimate of drug-likeness (QED) is 0.0606. The van der Waals surface area contributed by atoms with E-state index < -0.39 is 11.9 Å². The van der Waals surface area contributed by atoms with Gasteiger partial charge in [0.25, 0.3) is 11.8 Å². The monoisotopic (exact) mass is 1060 g/mol. The van der Waals surface area contributed by atoms with Crippen molar-refractivity contribution >= 4 is 75.2 Å². The number of methoxy groups -OCH3 is 3. The van der Waals surface area contributed by atoms with E-state index in [0.717, 1.165) is 54.0 Å². The average Bonchev–Trinajstić information content (AvgIpc) is 4.24. The number of hydrogen-bond acceptors (Lipinski definition) is 17. The molecule has 6 aromatic heterocycles. The molecule has 0 spiro atoms. The number of halogens is 1. The largest absolute Gasteiger partial charge is 0.497 e. The summed E-state index contributed by atoms with van der Waals surface area (Å²) in [5, 5.41) is 35.8. The number of nitrogen functional groups attached to an aromatic ring is 1. The zero-order valence-electron chi connectivity index (χ0n) is 43.0. The van der Waals surface area contributed by atoms with Gasteiger partial charge in [0.05, 0.1) is 56.5 Å². The van der Waals surface area contributed by atoms with E-state index in [1.807, 2.05) is 86.3 Å². The normalized spacial score (nSPS) is 12.7. The standard InChI is InChI=1S/C25H28N8O4.C19H20ClN5O2.C7H11N3O2/c1-4-32-14-18(22(30-32)25(35)36)28-21-11-19(31(2)13-15-5-9-17(37-3)10-6-15)23-26-12-20(33(23)29-21)24(34)27-16-7-8-16;1-24(11-12-3-7-14(27-2)8-4-12)15-9-17(20)23-25-16(10-21-18(15)25)19(26)22-13-5-6-13;1-3-10-4-5(8)6(9-10)7(11)12-2/h5-6,9-12,14,16H,4,7-8,13H2,1-3H3,(H,27,34)(H,28,29)(H,35,36);3-4,7-10,13H,5-6,11H2,1-2H3,(H,22,26);4H,3,8H2,1-2H3. The van der Waals surface area contributed by atoms with E-state index in [1.54, 1.807) is 49.6 Å². The molecule has 0 atom stereocenters. The van der Waals surface area contributed by atoms with Crippen LogP contribution < -0.4 is 41.0 Å². The molecule has 8 aromatic rings. The molecular formula is C51H59ClN16O8. The highest BCUT2D eigenvalue weighted by molar-refractivity contribution is 6.29. The van der Waals surface area contributed by atoms with Crippen LogP contribution in [-0.4, -0.2) is 125 Å². The van der Waals surface area contributed by atoms with Crippen LogP contribution >= 0.6 is 11.6 Å². The van der Waals surface area contributed by atoms with Crippen molar-refractivity contribution in [2.24, 2.45) is 0 Å². The molecule has 2 aliphatic rings. The van der Waals surface area contributed by atoms with Gasteiger partial charge in [-0.15, -0.1) is 5.10 Å². The summed E-state index contributed by atoms with van der Waals surface area (Å²) < 4.78 is 21.1. The number of amides is 2. The Labute approximate surface area is 441 Å². The molecule has 6 N–H and O–H groups in total. The number of anilines is 5. The predicted octanol–water partition coefficient (Wildman–Crippen LogP) is 6.12. The van der Waals surface area contributed by atoms with Gasteiger partial charge in [-0.3, -0.25) is 19.0 Å². The van der Waals surface area contributed by atoms with Crippen LogP contribution in [0.3, 0.4) is 0 Å². The van der Waals surface area contributed by atoms with E-state index in [-0.39, 0.29) is 35.3 Å². The minimum absolute atomic E-state index is 0.116. The van der Waals surface area contributed by atoms with Gasteiger partial charge in [0.2, 0.25) is 0 Å². The molecule has 398 valence electrons. The molecule has 2 saturated carbocycles. The molecule has 10 rings (SSSR count). The van der Waals surface area contributed by atoms with Crippen LogP contribution in [0.15, 0.2) is 85.5 Å². The summed E-state index contributed by atoms with van der Waals surface area (Å²) in [7, 11) is 8.44. The SMILES string of the molecule is CCn1cc(N)c(C(=O)OC)n1.CCn1cc(Nc2cc(N(C)Cc3ccc(OC)cc3)c3ncc(C(=O)NC4CC4)n3n2)c(C(=O)O)n1.COc1ccc(CN(C)c2cc(Cl)nn3c(C(=O)NC4CC4)cnc23)cc1. The number of aromatic carboxylic acids is 1. The molecular weight excluding hydrogens is 1000 g/mol. The van der Waals surface area contributed by atoms with Crippen LogP contribution in [0.25, 0.3) is 11.3 Å². The van der Waals surface area contributed by atoms with E-state index in [1.165, 1.54) is 27.0 Å². The third-order valence-electron chi connectivity index (χ3n) is 12.2. The zero-order valence-corrected chi connectivity index (χ0v) is 43.8. The van der Waals surface area contributed by atoms with Gasteiger partial charge in [0.1, 0.15) is 11.5 Å². The maximum absolute atomic E-state index is 12.9. The molecule has 0 aliphatic heterocycles. The van der Waals surface area contributed by atoms with Crippen LogP contribution in [0.2, 0.25) is 5.15 Å². The first-order valence-corrected chi connectivity index (χ1v) is 24.7. The number of nitrogens with zero attached hydrogens (tertiary/aromatic N) is 12. The van der Waals surface area contributed by atoms with Crippen molar-refractivity contribution in [3.63, 3.8) is 0 Å². The molecule has 76 heavy (non-hydrogen) atoms. The van der Waals surface area contributed by atoms with E-state index in [4.69, 9.17) is 26.8 Å². The van der Waals surface area contributed by atoms with E-state index in [2.05, 4.69) is 51.0 Å². The van der Waals surface area contributed by atoms with Crippen LogP contribution in [0.5, 0.6) is 11.5 Å². The molecule has 6 heterocycles. The Balaban J connectivity index is 0.000000171.